The van der Waals surface area contributed by atoms with Crippen molar-refractivity contribution in [2.75, 3.05) is 5.32 Å². The van der Waals surface area contributed by atoms with Crippen LogP contribution in [-0.4, -0.2) is 15.9 Å². The van der Waals surface area contributed by atoms with Gasteiger partial charge in [-0.3, -0.25) is 9.78 Å². The minimum atomic E-state index is -0.201. The molecule has 0 aliphatic rings. The van der Waals surface area contributed by atoms with Crippen LogP contribution >= 0.6 is 15.9 Å². The summed E-state index contributed by atoms with van der Waals surface area (Å²) in [7, 11) is 0. The van der Waals surface area contributed by atoms with E-state index in [2.05, 4.69) is 31.2 Å². The maximum atomic E-state index is 12.2. The second-order valence-corrected chi connectivity index (χ2v) is 4.96. The predicted octanol–water partition coefficient (Wildman–Crippen LogP) is 3.64. The first-order valence-corrected chi connectivity index (χ1v) is 6.80. The monoisotopic (exact) mass is 327 g/mol. The lowest BCUT2D eigenvalue weighted by molar-refractivity contribution is 0.102. The smallest absolute Gasteiger partial charge is 0.258 e. The number of carbonyl (C=O) groups excluding carboxylic acids is 1. The Morgan fingerprint density at radius 1 is 1.05 bits per heavy atom. The first-order valence-electron chi connectivity index (χ1n) is 6.01. The van der Waals surface area contributed by atoms with Gasteiger partial charge >= 0.3 is 0 Å². The molecule has 0 spiro atoms. The number of amides is 1. The van der Waals surface area contributed by atoms with Gasteiger partial charge in [-0.05, 0) is 52.3 Å². The van der Waals surface area contributed by atoms with Crippen molar-refractivity contribution in [1.82, 2.24) is 9.97 Å². The van der Waals surface area contributed by atoms with Gasteiger partial charge in [0.05, 0.1) is 11.1 Å². The number of benzene rings is 1. The highest BCUT2D eigenvalue weighted by molar-refractivity contribution is 9.10. The van der Waals surface area contributed by atoms with Crippen molar-refractivity contribution in [3.63, 3.8) is 0 Å². The van der Waals surface area contributed by atoms with Gasteiger partial charge in [0.15, 0.2) is 0 Å². The molecule has 0 aliphatic carbocycles. The van der Waals surface area contributed by atoms with Gasteiger partial charge in [-0.2, -0.15) is 0 Å². The number of carbonyl (C=O) groups is 1. The lowest BCUT2D eigenvalue weighted by Gasteiger charge is -2.07. The van der Waals surface area contributed by atoms with Gasteiger partial charge in [-0.1, -0.05) is 6.07 Å². The summed E-state index contributed by atoms with van der Waals surface area (Å²) in [4.78, 5) is 20.5. The van der Waals surface area contributed by atoms with Crippen molar-refractivity contribution in [3.8, 4) is 0 Å². The number of anilines is 1. The molecule has 0 bridgehead atoms. The van der Waals surface area contributed by atoms with Crippen molar-refractivity contribution >= 4 is 38.4 Å². The molecular formula is C15H10BrN3O. The number of hydrogen-bond acceptors (Lipinski definition) is 3. The van der Waals surface area contributed by atoms with Crippen LogP contribution in [0.4, 0.5) is 5.69 Å². The Hall–Kier alpha value is -2.27. The molecule has 1 aromatic carbocycles. The fourth-order valence-electron chi connectivity index (χ4n) is 1.91. The summed E-state index contributed by atoms with van der Waals surface area (Å²) >= 11 is 3.27. The third-order valence-corrected chi connectivity index (χ3v) is 3.50. The number of nitrogens with zero attached hydrogens (tertiary/aromatic N) is 2. The lowest BCUT2D eigenvalue weighted by Crippen LogP contribution is -2.12. The second kappa shape index (κ2) is 5.38. The van der Waals surface area contributed by atoms with Crippen LogP contribution in [0.25, 0.3) is 10.9 Å². The molecule has 3 rings (SSSR count). The topological polar surface area (TPSA) is 54.9 Å². The molecule has 0 fully saturated rings. The van der Waals surface area contributed by atoms with E-state index >= 15 is 0 Å². The molecule has 0 unspecified atom stereocenters. The molecule has 1 amide bonds. The molecule has 0 radical (unpaired) electrons. The summed E-state index contributed by atoms with van der Waals surface area (Å²) in [6, 6.07) is 12.9. The molecule has 0 saturated carbocycles. The van der Waals surface area contributed by atoms with Crippen LogP contribution in [0.3, 0.4) is 0 Å². The molecule has 4 nitrogen and oxygen atoms in total. The highest BCUT2D eigenvalue weighted by Crippen LogP contribution is 2.19. The van der Waals surface area contributed by atoms with E-state index in [4.69, 9.17) is 0 Å². The van der Waals surface area contributed by atoms with Crippen LogP contribution in [0.1, 0.15) is 10.4 Å². The Bertz CT molecular complexity index is 789. The van der Waals surface area contributed by atoms with Gasteiger partial charge < -0.3 is 5.32 Å². The Kier molecular flexibility index (Phi) is 3.43. The zero-order chi connectivity index (χ0) is 13.9. The molecule has 3 aromatic rings. The van der Waals surface area contributed by atoms with Crippen LogP contribution < -0.4 is 5.32 Å². The summed E-state index contributed by atoms with van der Waals surface area (Å²) in [6.45, 7) is 0. The minimum absolute atomic E-state index is 0.201. The normalized spacial score (nSPS) is 10.4. The van der Waals surface area contributed by atoms with Gasteiger partial charge in [0.25, 0.3) is 5.91 Å². The number of aromatic nitrogens is 2. The third-order valence-electron chi connectivity index (χ3n) is 2.86. The second-order valence-electron chi connectivity index (χ2n) is 4.21. The van der Waals surface area contributed by atoms with Crippen molar-refractivity contribution in [2.24, 2.45) is 0 Å². The number of hydrogen-bond donors (Lipinski definition) is 1. The number of nitrogens with one attached hydrogen (secondary N) is 1. The van der Waals surface area contributed by atoms with E-state index in [0.29, 0.717) is 10.2 Å². The summed E-state index contributed by atoms with van der Waals surface area (Å²) in [6.07, 6.45) is 3.37. The largest absolute Gasteiger partial charge is 0.322 e. The Morgan fingerprint density at radius 2 is 1.85 bits per heavy atom. The number of fused-ring (bicyclic) bond motifs is 1. The molecule has 2 heterocycles. The summed E-state index contributed by atoms with van der Waals surface area (Å²) in [5.74, 6) is -0.201. The van der Waals surface area contributed by atoms with E-state index in [0.717, 1.165) is 16.6 Å². The van der Waals surface area contributed by atoms with E-state index in [-0.39, 0.29) is 5.91 Å². The van der Waals surface area contributed by atoms with Crippen molar-refractivity contribution < 1.29 is 4.79 Å². The van der Waals surface area contributed by atoms with Gasteiger partial charge in [0.1, 0.15) is 4.60 Å². The van der Waals surface area contributed by atoms with E-state index in [1.165, 1.54) is 0 Å². The first-order chi connectivity index (χ1) is 9.74. The molecule has 98 valence electrons. The van der Waals surface area contributed by atoms with E-state index in [9.17, 15) is 4.79 Å². The molecule has 2 aromatic heterocycles. The summed E-state index contributed by atoms with van der Waals surface area (Å²) < 4.78 is 0.528. The van der Waals surface area contributed by atoms with E-state index in [1.807, 2.05) is 30.3 Å². The quantitative estimate of drug-likeness (QED) is 0.731. The fraction of sp³-hybridized carbons (Fsp3) is 0. The van der Waals surface area contributed by atoms with Crippen LogP contribution in [0.2, 0.25) is 0 Å². The SMILES string of the molecule is O=C(Nc1ccc2ncccc2c1)c1cccnc1Br. The Morgan fingerprint density at radius 3 is 2.70 bits per heavy atom. The molecule has 1 N–H and O–H groups in total. The molecule has 0 atom stereocenters. The Labute approximate surface area is 124 Å². The molecule has 0 saturated heterocycles. The zero-order valence-electron chi connectivity index (χ0n) is 10.4. The number of halogens is 1. The molecule has 5 heteroatoms. The average Bonchev–Trinajstić information content (AvgIpc) is 2.47. The Balaban J connectivity index is 1.89. The van der Waals surface area contributed by atoms with E-state index in [1.54, 1.807) is 24.5 Å². The van der Waals surface area contributed by atoms with Crippen molar-refractivity contribution in [2.45, 2.75) is 0 Å². The van der Waals surface area contributed by atoms with Crippen LogP contribution in [0, 0.1) is 0 Å². The summed E-state index contributed by atoms with van der Waals surface area (Å²) in [5, 5.41) is 3.84. The van der Waals surface area contributed by atoms with Gasteiger partial charge in [0, 0.05) is 23.5 Å². The predicted molar refractivity (Wildman–Crippen MR) is 81.6 cm³/mol. The maximum Gasteiger partial charge on any atom is 0.258 e. The van der Waals surface area contributed by atoms with Crippen LogP contribution in [0.15, 0.2) is 59.5 Å². The van der Waals surface area contributed by atoms with Crippen LogP contribution in [0.5, 0.6) is 0 Å². The minimum Gasteiger partial charge on any atom is -0.322 e. The van der Waals surface area contributed by atoms with Crippen molar-refractivity contribution in [1.29, 1.82) is 0 Å². The van der Waals surface area contributed by atoms with Crippen LogP contribution in [-0.2, 0) is 0 Å². The zero-order valence-corrected chi connectivity index (χ0v) is 12.0. The maximum absolute atomic E-state index is 12.2. The molecule has 20 heavy (non-hydrogen) atoms. The average molecular weight is 328 g/mol. The third kappa shape index (κ3) is 2.53. The highest BCUT2D eigenvalue weighted by Gasteiger charge is 2.10. The van der Waals surface area contributed by atoms with Gasteiger partial charge in [0.2, 0.25) is 0 Å². The fourth-order valence-corrected chi connectivity index (χ4v) is 2.34. The number of rotatable bonds is 2. The first kappa shape index (κ1) is 12.7. The van der Waals surface area contributed by atoms with Gasteiger partial charge in [-0.15, -0.1) is 0 Å². The number of pyridine rings is 2. The highest BCUT2D eigenvalue weighted by atomic mass is 79.9. The standard InChI is InChI=1S/C15H10BrN3O/c16-14-12(4-2-8-18-14)15(20)19-11-5-6-13-10(9-11)3-1-7-17-13/h1-9H,(H,19,20). The van der Waals surface area contributed by atoms with Gasteiger partial charge in [-0.25, -0.2) is 4.98 Å². The lowest BCUT2D eigenvalue weighted by atomic mass is 10.2. The van der Waals surface area contributed by atoms with E-state index < -0.39 is 0 Å². The summed E-state index contributed by atoms with van der Waals surface area (Å²) in [5.41, 5.74) is 2.12. The van der Waals surface area contributed by atoms with Crippen molar-refractivity contribution in [3.05, 3.63) is 65.0 Å². The molecular weight excluding hydrogens is 318 g/mol. The molecule has 0 aliphatic heterocycles.